The van der Waals surface area contributed by atoms with Gasteiger partial charge in [-0.2, -0.15) is 8.42 Å². The van der Waals surface area contributed by atoms with Crippen molar-refractivity contribution in [2.24, 2.45) is 20.0 Å². The van der Waals surface area contributed by atoms with Crippen LogP contribution in [0.4, 0.5) is 8.28 Å². The molecule has 0 aliphatic carbocycles. The Kier molecular flexibility index (Phi) is 28.1. The van der Waals surface area contributed by atoms with Crippen LogP contribution < -0.4 is 5.32 Å². The monoisotopic (exact) mass is 897 g/mol. The lowest BCUT2D eigenvalue weighted by Crippen LogP contribution is -2.22. The van der Waals surface area contributed by atoms with Crippen molar-refractivity contribution in [2.75, 3.05) is 26.5 Å². The summed E-state index contributed by atoms with van der Waals surface area (Å²) >= 11 is 0. The molecule has 344 valence electrons. The number of nitrogens with one attached hydrogen (secondary N) is 1. The van der Waals surface area contributed by atoms with Crippen LogP contribution in [-0.4, -0.2) is 95.1 Å². The minimum Gasteiger partial charge on any atom is -0.394 e. The van der Waals surface area contributed by atoms with Crippen LogP contribution in [0.2, 0.25) is 0 Å². The van der Waals surface area contributed by atoms with Crippen molar-refractivity contribution in [3.63, 3.8) is 0 Å². The molecule has 1 heterocycles. The van der Waals surface area contributed by atoms with Crippen molar-refractivity contribution >= 4 is 35.4 Å². The fraction of sp³-hybridized carbons (Fsp3) is 0.333. The average Bonchev–Trinajstić information content (AvgIpc) is 3.78. The number of hydrogen-bond donors (Lipinski definition) is 2. The number of halogens is 2. The topological polar surface area (TPSA) is 134 Å². The van der Waals surface area contributed by atoms with E-state index in [9.17, 15) is 16.7 Å². The SMILES string of the molecule is CC(CF)N=Cc1ccccc1.CC(CO)N=Cc1ccccc1.CC1COC(c2ccccc2)N1.CC[C@@H](C)N=Cc1ccccc1.C[C@H](COS(=O)(=O)F)N=Cc1ccccc1. The number of aliphatic imine (C=N–C) groups is 4. The Bertz CT molecular complexity index is 2000. The molecular weight excluding hydrogens is 833 g/mol. The van der Waals surface area contributed by atoms with Gasteiger partial charge in [0, 0.05) is 36.9 Å². The van der Waals surface area contributed by atoms with Gasteiger partial charge in [0.2, 0.25) is 0 Å². The molecule has 1 fully saturated rings. The molecule has 1 aliphatic heterocycles. The summed E-state index contributed by atoms with van der Waals surface area (Å²) in [5, 5.41) is 12.0. The lowest BCUT2D eigenvalue weighted by molar-refractivity contribution is 0.101. The Morgan fingerprint density at radius 2 is 1.00 bits per heavy atom. The first-order chi connectivity index (χ1) is 30.8. The molecule has 0 bridgehead atoms. The first kappa shape index (κ1) is 54.6. The third-order valence-corrected chi connectivity index (χ3v) is 9.11. The van der Waals surface area contributed by atoms with E-state index < -0.39 is 23.2 Å². The standard InChI is InChI=1S/C11H15N.C10H12FNO3S.C10H12FN.2C10H13NO/c1-3-10(2)12-9-11-7-5-4-6-8-11;1-9(8-15-16(11,13)14)12-7-10-5-3-2-4-6-10;1-9(7-11)12-8-10-5-3-2-4-6-10;1-8-7-12-10(11-8)9-5-3-2-4-6-9;1-9(8-12)11-7-10-5-3-2-4-6-10/h4-10H,3H2,1-2H3;2-7,9H,8H2,1H3;2-6,8-9H,7H2,1H3;2-6,8,10-11H,7H2,1H3;2-7,9,12H,8H2,1H3/t10-;9-;;;/m11.../s1. The van der Waals surface area contributed by atoms with Gasteiger partial charge in [-0.25, -0.2) is 8.57 Å². The second-order valence-electron chi connectivity index (χ2n) is 14.8. The summed E-state index contributed by atoms with van der Waals surface area (Å²) in [5.74, 6) is 0. The summed E-state index contributed by atoms with van der Waals surface area (Å²) in [6.45, 7) is 11.9. The number of hydrogen-bond acceptors (Lipinski definition) is 10. The maximum Gasteiger partial charge on any atom is 0.437 e. The number of alkyl halides is 1. The highest BCUT2D eigenvalue weighted by Crippen LogP contribution is 2.19. The Morgan fingerprint density at radius 1 is 0.641 bits per heavy atom. The molecule has 5 aromatic carbocycles. The van der Waals surface area contributed by atoms with Crippen LogP contribution >= 0.6 is 0 Å². The molecule has 64 heavy (non-hydrogen) atoms. The number of aliphatic hydroxyl groups excluding tert-OH is 1. The molecule has 0 aromatic heterocycles. The minimum absolute atomic E-state index is 0.00907. The fourth-order valence-electron chi connectivity index (χ4n) is 4.84. The molecule has 5 aromatic rings. The molecule has 4 unspecified atom stereocenters. The molecule has 10 nitrogen and oxygen atoms in total. The van der Waals surface area contributed by atoms with Crippen molar-refractivity contribution in [1.29, 1.82) is 0 Å². The zero-order valence-corrected chi connectivity index (χ0v) is 38.6. The summed E-state index contributed by atoms with van der Waals surface area (Å²) in [6, 6.07) is 49.5. The first-order valence-corrected chi connectivity index (χ1v) is 22.6. The van der Waals surface area contributed by atoms with Gasteiger partial charge in [0.15, 0.2) is 0 Å². The molecule has 6 rings (SSSR count). The van der Waals surface area contributed by atoms with Gasteiger partial charge in [0.05, 0.1) is 37.9 Å². The van der Waals surface area contributed by atoms with Crippen LogP contribution in [0.3, 0.4) is 0 Å². The molecule has 2 N–H and O–H groups in total. The van der Waals surface area contributed by atoms with Crippen molar-refractivity contribution in [3.05, 3.63) is 179 Å². The summed E-state index contributed by atoms with van der Waals surface area (Å²) in [7, 11) is -4.88. The highest BCUT2D eigenvalue weighted by Gasteiger charge is 2.21. The Hall–Kier alpha value is -5.57. The van der Waals surface area contributed by atoms with Gasteiger partial charge in [-0.05, 0) is 68.9 Å². The van der Waals surface area contributed by atoms with Crippen LogP contribution in [0.25, 0.3) is 0 Å². The highest BCUT2D eigenvalue weighted by atomic mass is 32.3. The molecule has 13 heteroatoms. The number of aliphatic hydroxyl groups is 1. The van der Waals surface area contributed by atoms with Crippen LogP contribution in [0.1, 0.15) is 82.0 Å². The molecule has 1 aliphatic rings. The molecule has 0 radical (unpaired) electrons. The molecular formula is C51H65F2N5O5S. The van der Waals surface area contributed by atoms with Crippen LogP contribution in [0, 0.1) is 0 Å². The van der Waals surface area contributed by atoms with Crippen molar-refractivity contribution in [3.8, 4) is 0 Å². The van der Waals surface area contributed by atoms with Crippen molar-refractivity contribution < 1.29 is 30.7 Å². The third-order valence-electron chi connectivity index (χ3n) is 8.69. The normalized spacial score (nSPS) is 16.6. The zero-order valence-electron chi connectivity index (χ0n) is 37.8. The van der Waals surface area contributed by atoms with Crippen LogP contribution in [-0.2, 0) is 19.4 Å². The molecule has 6 atom stereocenters. The van der Waals surface area contributed by atoms with E-state index >= 15 is 0 Å². The van der Waals surface area contributed by atoms with Gasteiger partial charge in [-0.15, -0.1) is 0 Å². The molecule has 1 saturated heterocycles. The Morgan fingerprint density at radius 3 is 1.33 bits per heavy atom. The van der Waals surface area contributed by atoms with Crippen molar-refractivity contribution in [1.82, 2.24) is 5.32 Å². The highest BCUT2D eigenvalue weighted by molar-refractivity contribution is 7.81. The number of benzene rings is 5. The molecule has 0 amide bonds. The Balaban J connectivity index is 0.000000276. The van der Waals surface area contributed by atoms with Crippen molar-refractivity contribution in [2.45, 2.75) is 84.4 Å². The lowest BCUT2D eigenvalue weighted by atomic mass is 10.2. The summed E-state index contributed by atoms with van der Waals surface area (Å²) in [4.78, 5) is 16.6. The van der Waals surface area contributed by atoms with E-state index in [1.807, 2.05) is 141 Å². The molecule has 0 saturated carbocycles. The van der Waals surface area contributed by atoms with E-state index in [0.29, 0.717) is 12.1 Å². The predicted molar refractivity (Wildman–Crippen MR) is 261 cm³/mol. The molecule has 0 spiro atoms. The summed E-state index contributed by atoms with van der Waals surface area (Å²) in [6.07, 6.45) is 8.20. The van der Waals surface area contributed by atoms with Gasteiger partial charge in [0.25, 0.3) is 0 Å². The van der Waals surface area contributed by atoms with Gasteiger partial charge in [0.1, 0.15) is 12.9 Å². The van der Waals surface area contributed by atoms with Gasteiger partial charge in [-0.1, -0.05) is 162 Å². The number of rotatable bonds is 15. The largest absolute Gasteiger partial charge is 0.437 e. The maximum absolute atomic E-state index is 12.0. The number of nitrogens with zero attached hydrogens (tertiary/aromatic N) is 4. The fourth-order valence-corrected chi connectivity index (χ4v) is 5.20. The van der Waals surface area contributed by atoms with Gasteiger partial charge >= 0.3 is 10.5 Å². The second kappa shape index (κ2) is 33.0. The van der Waals surface area contributed by atoms with E-state index in [1.54, 1.807) is 32.5 Å². The van der Waals surface area contributed by atoms with E-state index in [1.165, 1.54) is 11.1 Å². The van der Waals surface area contributed by atoms with Crippen LogP contribution in [0.5, 0.6) is 0 Å². The van der Waals surface area contributed by atoms with E-state index in [2.05, 4.69) is 74.5 Å². The van der Waals surface area contributed by atoms with E-state index in [-0.39, 0.29) is 31.5 Å². The van der Waals surface area contributed by atoms with Crippen LogP contribution in [0.15, 0.2) is 172 Å². The average molecular weight is 898 g/mol. The first-order valence-electron chi connectivity index (χ1n) is 21.3. The third kappa shape index (κ3) is 27.5. The smallest absolute Gasteiger partial charge is 0.394 e. The van der Waals surface area contributed by atoms with E-state index in [0.717, 1.165) is 29.7 Å². The number of ether oxygens (including phenoxy) is 1. The minimum atomic E-state index is -4.88. The lowest BCUT2D eigenvalue weighted by Gasteiger charge is -2.09. The Labute approximate surface area is 380 Å². The summed E-state index contributed by atoms with van der Waals surface area (Å²) in [5.41, 5.74) is 5.35. The van der Waals surface area contributed by atoms with Gasteiger partial charge in [-0.3, -0.25) is 25.3 Å². The quantitative estimate of drug-likeness (QED) is 0.0794. The summed E-state index contributed by atoms with van der Waals surface area (Å²) < 4.78 is 53.6. The van der Waals surface area contributed by atoms with Gasteiger partial charge < -0.3 is 9.84 Å². The zero-order chi connectivity index (χ0) is 46.8. The predicted octanol–water partition coefficient (Wildman–Crippen LogP) is 10.3. The second-order valence-corrected chi connectivity index (χ2v) is 15.8. The maximum atomic E-state index is 12.0. The van der Waals surface area contributed by atoms with E-state index in [4.69, 9.17) is 9.84 Å².